The average Bonchev–Trinajstić information content (AvgIpc) is 2.74. The Hall–Kier alpha value is -2.96. The number of benzene rings is 3. The zero-order valence-electron chi connectivity index (χ0n) is 16.7. The van der Waals surface area contributed by atoms with E-state index in [9.17, 15) is 9.59 Å². The third kappa shape index (κ3) is 3.88. The number of hydrogen-bond donors (Lipinski definition) is 0. The second-order valence-electron chi connectivity index (χ2n) is 6.24. The van der Waals surface area contributed by atoms with Gasteiger partial charge in [0.05, 0.1) is 39.6 Å². The second-order valence-corrected chi connectivity index (χ2v) is 7.12. The maximum Gasteiger partial charge on any atom is 0.339 e. The highest BCUT2D eigenvalue weighted by Gasteiger charge is 2.27. The van der Waals surface area contributed by atoms with Crippen molar-refractivity contribution >= 4 is 45.9 Å². The van der Waals surface area contributed by atoms with Crippen LogP contribution >= 0.6 is 23.2 Å². The minimum absolute atomic E-state index is 0.0300. The van der Waals surface area contributed by atoms with Crippen molar-refractivity contribution in [2.45, 2.75) is 0 Å². The van der Waals surface area contributed by atoms with E-state index in [1.807, 2.05) is 0 Å². The third-order valence-corrected chi connectivity index (χ3v) is 5.03. The summed E-state index contributed by atoms with van der Waals surface area (Å²) in [6.07, 6.45) is 0. The maximum absolute atomic E-state index is 12.8. The van der Waals surface area contributed by atoms with Crippen LogP contribution in [-0.2, 0) is 9.47 Å². The van der Waals surface area contributed by atoms with E-state index >= 15 is 0 Å². The van der Waals surface area contributed by atoms with Crippen LogP contribution in [0.4, 0.5) is 0 Å². The lowest BCUT2D eigenvalue weighted by Gasteiger charge is -2.18. The topological polar surface area (TPSA) is 71.1 Å². The lowest BCUT2D eigenvalue weighted by atomic mass is 9.89. The lowest BCUT2D eigenvalue weighted by molar-refractivity contribution is 0.0556. The Balaban J connectivity index is 2.58. The summed E-state index contributed by atoms with van der Waals surface area (Å²) in [6, 6.07) is 9.83. The van der Waals surface area contributed by atoms with E-state index in [-0.39, 0.29) is 11.1 Å². The van der Waals surface area contributed by atoms with Gasteiger partial charge in [0.2, 0.25) is 0 Å². The molecule has 0 radical (unpaired) electrons. The molecule has 0 unspecified atom stereocenters. The Bertz CT molecular complexity index is 1140. The van der Waals surface area contributed by atoms with Crippen molar-refractivity contribution < 1.29 is 28.5 Å². The van der Waals surface area contributed by atoms with E-state index in [1.165, 1.54) is 28.4 Å². The van der Waals surface area contributed by atoms with Crippen molar-refractivity contribution in [1.82, 2.24) is 0 Å². The van der Waals surface area contributed by atoms with Crippen LogP contribution in [0.15, 0.2) is 36.4 Å². The van der Waals surface area contributed by atoms with E-state index < -0.39 is 11.9 Å². The number of rotatable bonds is 5. The fourth-order valence-electron chi connectivity index (χ4n) is 3.31. The van der Waals surface area contributed by atoms with E-state index in [4.69, 9.17) is 42.1 Å². The number of fused-ring (bicyclic) bond motifs is 1. The number of carbonyl (C=O) groups is 2. The highest BCUT2D eigenvalue weighted by molar-refractivity contribution is 6.35. The van der Waals surface area contributed by atoms with Gasteiger partial charge in [-0.3, -0.25) is 0 Å². The number of methoxy groups -OCH3 is 4. The molecule has 3 rings (SSSR count). The Morgan fingerprint density at radius 2 is 1.30 bits per heavy atom. The summed E-state index contributed by atoms with van der Waals surface area (Å²) in [4.78, 5) is 25.3. The number of carbonyl (C=O) groups excluding carboxylic acids is 2. The van der Waals surface area contributed by atoms with Crippen molar-refractivity contribution in [2.24, 2.45) is 0 Å². The summed E-state index contributed by atoms with van der Waals surface area (Å²) in [5, 5.41) is 1.96. The zero-order chi connectivity index (χ0) is 22.0. The number of esters is 2. The molecule has 30 heavy (non-hydrogen) atoms. The normalized spacial score (nSPS) is 10.6. The van der Waals surface area contributed by atoms with Gasteiger partial charge in [0, 0.05) is 15.6 Å². The Morgan fingerprint density at radius 3 is 1.83 bits per heavy atom. The van der Waals surface area contributed by atoms with Gasteiger partial charge in [0.1, 0.15) is 0 Å². The molecule has 6 nitrogen and oxygen atoms in total. The number of ether oxygens (including phenoxy) is 4. The van der Waals surface area contributed by atoms with Gasteiger partial charge < -0.3 is 18.9 Å². The Kier molecular flexibility index (Phi) is 6.39. The minimum Gasteiger partial charge on any atom is -0.493 e. The van der Waals surface area contributed by atoms with Crippen LogP contribution in [-0.4, -0.2) is 40.4 Å². The first kappa shape index (κ1) is 21.7. The predicted octanol–water partition coefficient (Wildman–Crippen LogP) is 5.40. The smallest absolute Gasteiger partial charge is 0.339 e. The summed E-state index contributed by atoms with van der Waals surface area (Å²) in [6.45, 7) is 0. The summed E-state index contributed by atoms with van der Waals surface area (Å²) in [5.74, 6) is -0.498. The quantitative estimate of drug-likeness (QED) is 0.486. The van der Waals surface area contributed by atoms with Gasteiger partial charge in [-0.05, 0) is 52.7 Å². The Morgan fingerprint density at radius 1 is 0.733 bits per heavy atom. The van der Waals surface area contributed by atoms with Crippen LogP contribution in [0.1, 0.15) is 20.7 Å². The van der Waals surface area contributed by atoms with Gasteiger partial charge in [0.25, 0.3) is 0 Å². The van der Waals surface area contributed by atoms with Gasteiger partial charge in [-0.1, -0.05) is 23.2 Å². The summed E-state index contributed by atoms with van der Waals surface area (Å²) >= 11 is 12.4. The monoisotopic (exact) mass is 448 g/mol. The molecule has 8 heteroatoms. The van der Waals surface area contributed by atoms with Crippen LogP contribution in [0.5, 0.6) is 11.5 Å². The predicted molar refractivity (Wildman–Crippen MR) is 115 cm³/mol. The molecule has 0 fully saturated rings. The SMILES string of the molecule is COC(=O)c1cc2cc(OC)c(OC)cc2c(-c2cc(Cl)cc(Cl)c2)c1C(=O)OC. The van der Waals surface area contributed by atoms with Crippen molar-refractivity contribution in [2.75, 3.05) is 28.4 Å². The molecule has 3 aromatic rings. The molecule has 3 aromatic carbocycles. The number of hydrogen-bond acceptors (Lipinski definition) is 6. The molecule has 0 saturated heterocycles. The van der Waals surface area contributed by atoms with Gasteiger partial charge in [-0.15, -0.1) is 0 Å². The molecule has 0 amide bonds. The van der Waals surface area contributed by atoms with Crippen LogP contribution in [0.2, 0.25) is 10.0 Å². The van der Waals surface area contributed by atoms with E-state index in [0.717, 1.165) is 0 Å². The molecule has 0 aromatic heterocycles. The lowest BCUT2D eigenvalue weighted by Crippen LogP contribution is -2.14. The van der Waals surface area contributed by atoms with Gasteiger partial charge in [-0.2, -0.15) is 0 Å². The van der Waals surface area contributed by atoms with E-state index in [2.05, 4.69) is 0 Å². The van der Waals surface area contributed by atoms with Crippen molar-refractivity contribution in [3.05, 3.63) is 57.6 Å². The third-order valence-electron chi connectivity index (χ3n) is 4.59. The fraction of sp³-hybridized carbons (Fsp3) is 0.182. The van der Waals surface area contributed by atoms with Gasteiger partial charge in [-0.25, -0.2) is 9.59 Å². The zero-order valence-corrected chi connectivity index (χ0v) is 18.2. The standard InChI is InChI=1S/C22H18Cl2O6/c1-27-17-8-11-7-16(21(25)29-3)20(22(26)30-4)19(15(11)10-18(17)28-2)12-5-13(23)9-14(24)6-12/h5-10H,1-4H3. The summed E-state index contributed by atoms with van der Waals surface area (Å²) in [5.41, 5.74) is 0.999. The summed E-state index contributed by atoms with van der Waals surface area (Å²) in [7, 11) is 5.48. The molecule has 0 N–H and O–H groups in total. The first-order valence-electron chi connectivity index (χ1n) is 8.70. The van der Waals surface area contributed by atoms with Gasteiger partial charge in [0.15, 0.2) is 11.5 Å². The molecule has 0 aliphatic heterocycles. The molecule has 0 saturated carbocycles. The van der Waals surface area contributed by atoms with Crippen molar-refractivity contribution in [1.29, 1.82) is 0 Å². The molecule has 0 heterocycles. The van der Waals surface area contributed by atoms with Crippen LogP contribution in [0.25, 0.3) is 21.9 Å². The first-order chi connectivity index (χ1) is 14.3. The highest BCUT2D eigenvalue weighted by Crippen LogP contribution is 2.42. The van der Waals surface area contributed by atoms with Crippen LogP contribution < -0.4 is 9.47 Å². The molecule has 0 aliphatic rings. The molecular formula is C22H18Cl2O6. The first-order valence-corrected chi connectivity index (χ1v) is 9.46. The molecular weight excluding hydrogens is 431 g/mol. The summed E-state index contributed by atoms with van der Waals surface area (Å²) < 4.78 is 20.7. The molecule has 0 atom stereocenters. The average molecular weight is 449 g/mol. The fourth-order valence-corrected chi connectivity index (χ4v) is 3.84. The minimum atomic E-state index is -0.710. The van der Waals surface area contributed by atoms with Crippen LogP contribution in [0, 0.1) is 0 Å². The van der Waals surface area contributed by atoms with Gasteiger partial charge >= 0.3 is 11.9 Å². The van der Waals surface area contributed by atoms with Crippen molar-refractivity contribution in [3.63, 3.8) is 0 Å². The van der Waals surface area contributed by atoms with E-state index in [1.54, 1.807) is 36.4 Å². The molecule has 0 spiro atoms. The molecule has 0 aliphatic carbocycles. The Labute approximate surface area is 183 Å². The molecule has 156 valence electrons. The van der Waals surface area contributed by atoms with E-state index in [0.29, 0.717) is 43.4 Å². The number of halogens is 2. The largest absolute Gasteiger partial charge is 0.493 e. The van der Waals surface area contributed by atoms with Crippen molar-refractivity contribution in [3.8, 4) is 22.6 Å². The maximum atomic E-state index is 12.8. The second kappa shape index (κ2) is 8.81. The highest BCUT2D eigenvalue weighted by atomic mass is 35.5. The van der Waals surface area contributed by atoms with Crippen LogP contribution in [0.3, 0.4) is 0 Å². The molecule has 0 bridgehead atoms.